The Bertz CT molecular complexity index is 620. The molecule has 1 nitrogen and oxygen atoms in total. The third-order valence-electron chi connectivity index (χ3n) is 4.92. The molecule has 2 aliphatic rings. The molecule has 0 spiro atoms. The number of benzene rings is 2. The standard InChI is InChI=1S/C17H17N/c1-11-12-7-3-4-8-13(12)16-14-9-5-6-10-15(14)17(11,2)18-16/h3-11,16,18H,1-2H3. The van der Waals surface area contributed by atoms with Crippen LogP contribution in [0.25, 0.3) is 0 Å². The second-order valence-corrected chi connectivity index (χ2v) is 5.72. The van der Waals surface area contributed by atoms with Gasteiger partial charge < -0.3 is 0 Å². The first-order chi connectivity index (χ1) is 8.72. The Balaban J connectivity index is 2.06. The van der Waals surface area contributed by atoms with E-state index in [2.05, 4.69) is 67.7 Å². The van der Waals surface area contributed by atoms with Crippen LogP contribution in [0, 0.1) is 0 Å². The molecule has 2 bridgehead atoms. The van der Waals surface area contributed by atoms with Crippen molar-refractivity contribution in [2.75, 3.05) is 0 Å². The molecule has 1 heteroatoms. The summed E-state index contributed by atoms with van der Waals surface area (Å²) in [6.45, 7) is 4.68. The summed E-state index contributed by atoms with van der Waals surface area (Å²) in [5.41, 5.74) is 5.96. The van der Waals surface area contributed by atoms with E-state index >= 15 is 0 Å². The molecule has 18 heavy (non-hydrogen) atoms. The largest absolute Gasteiger partial charge is 0.296 e. The van der Waals surface area contributed by atoms with E-state index in [1.54, 1.807) is 0 Å². The van der Waals surface area contributed by atoms with E-state index in [1.165, 1.54) is 22.3 Å². The molecule has 0 saturated heterocycles. The lowest BCUT2D eigenvalue weighted by Gasteiger charge is -2.39. The fourth-order valence-corrected chi connectivity index (χ4v) is 3.76. The van der Waals surface area contributed by atoms with Gasteiger partial charge in [0.2, 0.25) is 0 Å². The van der Waals surface area contributed by atoms with Crippen molar-refractivity contribution in [1.29, 1.82) is 0 Å². The first-order valence-corrected chi connectivity index (χ1v) is 6.68. The van der Waals surface area contributed by atoms with Crippen LogP contribution in [0.5, 0.6) is 0 Å². The van der Waals surface area contributed by atoms with Crippen molar-refractivity contribution in [1.82, 2.24) is 5.32 Å². The summed E-state index contributed by atoms with van der Waals surface area (Å²) in [5, 5.41) is 3.84. The number of fused-ring (bicyclic) bond motifs is 7. The van der Waals surface area contributed by atoms with Gasteiger partial charge in [0.05, 0.1) is 6.04 Å². The SMILES string of the molecule is CC1c2ccccc2C2NC1(C)c1ccccc12. The molecule has 1 N–H and O–H groups in total. The van der Waals surface area contributed by atoms with Gasteiger partial charge in [-0.2, -0.15) is 0 Å². The molecule has 2 aromatic carbocycles. The molecule has 3 unspecified atom stereocenters. The third-order valence-corrected chi connectivity index (χ3v) is 4.92. The van der Waals surface area contributed by atoms with Gasteiger partial charge in [-0.05, 0) is 29.2 Å². The van der Waals surface area contributed by atoms with E-state index in [-0.39, 0.29) is 5.54 Å². The van der Waals surface area contributed by atoms with Crippen molar-refractivity contribution >= 4 is 0 Å². The highest BCUT2D eigenvalue weighted by Crippen LogP contribution is 2.53. The van der Waals surface area contributed by atoms with Crippen LogP contribution >= 0.6 is 0 Å². The summed E-state index contributed by atoms with van der Waals surface area (Å²) in [4.78, 5) is 0. The van der Waals surface area contributed by atoms with Gasteiger partial charge in [-0.15, -0.1) is 0 Å². The molecule has 4 rings (SSSR count). The van der Waals surface area contributed by atoms with Crippen molar-refractivity contribution in [3.05, 3.63) is 70.8 Å². The van der Waals surface area contributed by atoms with E-state index in [4.69, 9.17) is 0 Å². The first-order valence-electron chi connectivity index (χ1n) is 6.68. The average molecular weight is 235 g/mol. The summed E-state index contributed by atoms with van der Waals surface area (Å²) >= 11 is 0. The second kappa shape index (κ2) is 3.24. The summed E-state index contributed by atoms with van der Waals surface area (Å²) in [6.07, 6.45) is 0. The fourth-order valence-electron chi connectivity index (χ4n) is 3.76. The van der Waals surface area contributed by atoms with Crippen LogP contribution in [0.3, 0.4) is 0 Å². The van der Waals surface area contributed by atoms with Crippen LogP contribution in [0.1, 0.15) is 48.1 Å². The first kappa shape index (κ1) is 10.3. The van der Waals surface area contributed by atoms with E-state index in [0.717, 1.165) is 0 Å². The van der Waals surface area contributed by atoms with Crippen LogP contribution in [-0.4, -0.2) is 0 Å². The van der Waals surface area contributed by atoms with Gasteiger partial charge in [0.15, 0.2) is 0 Å². The average Bonchev–Trinajstić information content (AvgIpc) is 2.70. The van der Waals surface area contributed by atoms with Crippen molar-refractivity contribution in [2.24, 2.45) is 0 Å². The lowest BCUT2D eigenvalue weighted by molar-refractivity contribution is 0.299. The maximum absolute atomic E-state index is 3.84. The molecule has 2 aromatic rings. The molecule has 0 aromatic heterocycles. The number of nitrogens with one attached hydrogen (secondary N) is 1. The molecular formula is C17H17N. The normalized spacial score (nSPS) is 31.9. The van der Waals surface area contributed by atoms with Gasteiger partial charge in [0.25, 0.3) is 0 Å². The maximum Gasteiger partial charge on any atom is 0.0589 e. The van der Waals surface area contributed by atoms with Crippen LogP contribution in [-0.2, 0) is 5.54 Å². The van der Waals surface area contributed by atoms with Gasteiger partial charge in [-0.3, -0.25) is 5.32 Å². The van der Waals surface area contributed by atoms with E-state index < -0.39 is 0 Å². The minimum absolute atomic E-state index is 0.0790. The smallest absolute Gasteiger partial charge is 0.0589 e. The Kier molecular flexibility index (Phi) is 1.86. The molecule has 0 amide bonds. The predicted molar refractivity (Wildman–Crippen MR) is 73.6 cm³/mol. The molecule has 3 atom stereocenters. The highest BCUT2D eigenvalue weighted by atomic mass is 15.1. The van der Waals surface area contributed by atoms with Crippen LogP contribution in [0.4, 0.5) is 0 Å². The van der Waals surface area contributed by atoms with Crippen molar-refractivity contribution in [3.63, 3.8) is 0 Å². The Morgan fingerprint density at radius 1 is 0.889 bits per heavy atom. The fraction of sp³-hybridized carbons (Fsp3) is 0.294. The minimum atomic E-state index is 0.0790. The van der Waals surface area contributed by atoms with Crippen molar-refractivity contribution < 1.29 is 0 Å². The number of hydrogen-bond donors (Lipinski definition) is 1. The zero-order valence-corrected chi connectivity index (χ0v) is 10.8. The topological polar surface area (TPSA) is 12.0 Å². The highest BCUT2D eigenvalue weighted by Gasteiger charge is 2.48. The Labute approximate surface area is 108 Å². The van der Waals surface area contributed by atoms with E-state index in [1.807, 2.05) is 0 Å². The lowest BCUT2D eigenvalue weighted by Crippen LogP contribution is -2.44. The summed E-state index contributed by atoms with van der Waals surface area (Å²) < 4.78 is 0. The van der Waals surface area contributed by atoms with Gasteiger partial charge >= 0.3 is 0 Å². The van der Waals surface area contributed by atoms with Gasteiger partial charge in [-0.25, -0.2) is 0 Å². The number of hydrogen-bond acceptors (Lipinski definition) is 1. The van der Waals surface area contributed by atoms with Crippen LogP contribution < -0.4 is 5.32 Å². The molecular weight excluding hydrogens is 218 g/mol. The van der Waals surface area contributed by atoms with Gasteiger partial charge in [0, 0.05) is 11.5 Å². The maximum atomic E-state index is 3.84. The molecule has 90 valence electrons. The third kappa shape index (κ3) is 1.06. The monoisotopic (exact) mass is 235 g/mol. The minimum Gasteiger partial charge on any atom is -0.296 e. The molecule has 2 aliphatic heterocycles. The molecule has 0 fully saturated rings. The van der Waals surface area contributed by atoms with Gasteiger partial charge in [-0.1, -0.05) is 55.5 Å². The zero-order valence-electron chi connectivity index (χ0n) is 10.8. The molecule has 0 aliphatic carbocycles. The quantitative estimate of drug-likeness (QED) is 0.734. The molecule has 0 saturated carbocycles. The predicted octanol–water partition coefficient (Wildman–Crippen LogP) is 3.71. The Hall–Kier alpha value is -1.60. The van der Waals surface area contributed by atoms with E-state index in [9.17, 15) is 0 Å². The summed E-state index contributed by atoms with van der Waals surface area (Å²) in [5.74, 6) is 0.508. The highest BCUT2D eigenvalue weighted by molar-refractivity contribution is 5.54. The lowest BCUT2D eigenvalue weighted by atomic mass is 9.76. The second-order valence-electron chi connectivity index (χ2n) is 5.72. The molecule has 0 radical (unpaired) electrons. The van der Waals surface area contributed by atoms with Crippen LogP contribution in [0.15, 0.2) is 48.5 Å². The summed E-state index contributed by atoms with van der Waals surface area (Å²) in [7, 11) is 0. The van der Waals surface area contributed by atoms with E-state index in [0.29, 0.717) is 12.0 Å². The Morgan fingerprint density at radius 2 is 1.50 bits per heavy atom. The van der Waals surface area contributed by atoms with Crippen LogP contribution in [0.2, 0.25) is 0 Å². The van der Waals surface area contributed by atoms with Crippen molar-refractivity contribution in [3.8, 4) is 0 Å². The van der Waals surface area contributed by atoms with Gasteiger partial charge in [0.1, 0.15) is 0 Å². The van der Waals surface area contributed by atoms with Crippen molar-refractivity contribution in [2.45, 2.75) is 31.3 Å². The summed E-state index contributed by atoms with van der Waals surface area (Å²) in [6, 6.07) is 18.1. The zero-order chi connectivity index (χ0) is 12.3. The number of rotatable bonds is 0. The molecule has 2 heterocycles. The Morgan fingerprint density at radius 3 is 2.28 bits per heavy atom.